The third kappa shape index (κ3) is 6.45. The quantitative estimate of drug-likeness (QED) is 0.691. The van der Waals surface area contributed by atoms with Crippen LogP contribution in [0.1, 0.15) is 40.0 Å². The first kappa shape index (κ1) is 23.1. The monoisotopic (exact) mass is 432 g/mol. The Hall–Kier alpha value is -2.58. The smallest absolute Gasteiger partial charge is 0.407 e. The molecule has 170 valence electrons. The van der Waals surface area contributed by atoms with Crippen LogP contribution in [-0.4, -0.2) is 60.4 Å². The molecule has 31 heavy (non-hydrogen) atoms. The van der Waals surface area contributed by atoms with Crippen molar-refractivity contribution in [2.45, 2.75) is 63.9 Å². The second kappa shape index (κ2) is 10.2. The lowest BCUT2D eigenvalue weighted by Crippen LogP contribution is -2.51. The lowest BCUT2D eigenvalue weighted by atomic mass is 9.97. The van der Waals surface area contributed by atoms with Gasteiger partial charge in [-0.2, -0.15) is 0 Å². The molecule has 8 nitrogen and oxygen atoms in total. The molecule has 1 aromatic carbocycles. The standard InChI is InChI=1S/C23H32N2O6/c1-23(2,3)31-22(27)25-19-8-6-16(30-21(19)10-12-26)14-29-20-9-11-24-18-7-5-15(28-4)13-17(18)20/h5,7,9,11,13,16,19,21,26H,6,8,10,12,14H2,1-4H3,(H,25,27)/t16-,19+,21+/m0/s1. The maximum atomic E-state index is 12.2. The summed E-state index contributed by atoms with van der Waals surface area (Å²) < 4.78 is 22.9. The maximum absolute atomic E-state index is 12.2. The third-order valence-electron chi connectivity index (χ3n) is 5.06. The molecule has 0 unspecified atom stereocenters. The van der Waals surface area contributed by atoms with Gasteiger partial charge in [0.05, 0.1) is 30.9 Å². The number of rotatable bonds is 7. The van der Waals surface area contributed by atoms with Crippen LogP contribution in [0.15, 0.2) is 30.5 Å². The first-order chi connectivity index (χ1) is 14.8. The van der Waals surface area contributed by atoms with E-state index in [4.69, 9.17) is 18.9 Å². The maximum Gasteiger partial charge on any atom is 0.407 e. The van der Waals surface area contributed by atoms with Crippen molar-refractivity contribution in [3.8, 4) is 11.5 Å². The van der Waals surface area contributed by atoms with E-state index in [9.17, 15) is 9.90 Å². The van der Waals surface area contributed by atoms with Gasteiger partial charge in [0, 0.05) is 18.2 Å². The fraction of sp³-hybridized carbons (Fsp3) is 0.565. The van der Waals surface area contributed by atoms with E-state index in [2.05, 4.69) is 10.3 Å². The van der Waals surface area contributed by atoms with E-state index in [1.54, 1.807) is 13.3 Å². The van der Waals surface area contributed by atoms with Crippen LogP contribution < -0.4 is 14.8 Å². The molecular formula is C23H32N2O6. The van der Waals surface area contributed by atoms with Crippen molar-refractivity contribution in [1.29, 1.82) is 0 Å². The highest BCUT2D eigenvalue weighted by molar-refractivity contribution is 5.86. The zero-order valence-electron chi connectivity index (χ0n) is 18.6. The van der Waals surface area contributed by atoms with Crippen molar-refractivity contribution in [1.82, 2.24) is 10.3 Å². The number of hydrogen-bond donors (Lipinski definition) is 2. The second-order valence-corrected chi connectivity index (χ2v) is 8.64. The Labute approximate surface area is 182 Å². The Morgan fingerprint density at radius 1 is 1.29 bits per heavy atom. The molecule has 0 bridgehead atoms. The number of ether oxygens (including phenoxy) is 4. The normalized spacial score (nSPS) is 21.5. The molecule has 0 aliphatic carbocycles. The van der Waals surface area contributed by atoms with Crippen molar-refractivity contribution < 1.29 is 28.8 Å². The van der Waals surface area contributed by atoms with Gasteiger partial charge in [-0.05, 0) is 64.3 Å². The lowest BCUT2D eigenvalue weighted by molar-refractivity contribution is -0.0907. The summed E-state index contributed by atoms with van der Waals surface area (Å²) >= 11 is 0. The molecule has 3 atom stereocenters. The highest BCUT2D eigenvalue weighted by Gasteiger charge is 2.33. The molecule has 8 heteroatoms. The molecule has 1 aromatic heterocycles. The number of amides is 1. The van der Waals surface area contributed by atoms with Crippen LogP contribution in [0.2, 0.25) is 0 Å². The molecule has 1 aliphatic heterocycles. The van der Waals surface area contributed by atoms with Crippen LogP contribution in [-0.2, 0) is 9.47 Å². The fourth-order valence-corrected chi connectivity index (χ4v) is 3.64. The average molecular weight is 433 g/mol. The van der Waals surface area contributed by atoms with Crippen LogP contribution in [0.3, 0.4) is 0 Å². The number of alkyl carbamates (subject to hydrolysis) is 1. The van der Waals surface area contributed by atoms with Gasteiger partial charge in [-0.3, -0.25) is 4.98 Å². The summed E-state index contributed by atoms with van der Waals surface area (Å²) in [5.41, 5.74) is 0.251. The molecule has 0 spiro atoms. The Bertz CT molecular complexity index is 882. The van der Waals surface area contributed by atoms with Gasteiger partial charge < -0.3 is 29.4 Å². The van der Waals surface area contributed by atoms with Gasteiger partial charge in [0.25, 0.3) is 0 Å². The Kier molecular flexibility index (Phi) is 7.56. The highest BCUT2D eigenvalue weighted by atomic mass is 16.6. The van der Waals surface area contributed by atoms with E-state index >= 15 is 0 Å². The molecule has 3 rings (SSSR count). The van der Waals surface area contributed by atoms with Gasteiger partial charge in [0.1, 0.15) is 23.7 Å². The van der Waals surface area contributed by atoms with Crippen LogP contribution in [0.5, 0.6) is 11.5 Å². The Morgan fingerprint density at radius 2 is 2.10 bits per heavy atom. The third-order valence-corrected chi connectivity index (χ3v) is 5.06. The van der Waals surface area contributed by atoms with Gasteiger partial charge in [-0.1, -0.05) is 0 Å². The summed E-state index contributed by atoms with van der Waals surface area (Å²) in [7, 11) is 1.62. The predicted octanol–water partition coefficient (Wildman–Crippen LogP) is 3.45. The average Bonchev–Trinajstić information content (AvgIpc) is 2.72. The molecule has 0 radical (unpaired) electrons. The van der Waals surface area contributed by atoms with Gasteiger partial charge in [-0.25, -0.2) is 4.79 Å². The molecule has 1 fully saturated rings. The number of nitrogens with zero attached hydrogens (tertiary/aromatic N) is 1. The van der Waals surface area contributed by atoms with Gasteiger partial charge in [-0.15, -0.1) is 0 Å². The number of carbonyl (C=O) groups is 1. The highest BCUT2D eigenvalue weighted by Crippen LogP contribution is 2.29. The minimum absolute atomic E-state index is 0.0282. The van der Waals surface area contributed by atoms with E-state index in [1.807, 2.05) is 45.0 Å². The van der Waals surface area contributed by atoms with Crippen molar-refractivity contribution in [3.05, 3.63) is 30.5 Å². The number of pyridine rings is 1. The number of aliphatic hydroxyl groups excluding tert-OH is 1. The number of aromatic nitrogens is 1. The molecule has 0 saturated carbocycles. The summed E-state index contributed by atoms with van der Waals surface area (Å²) in [5, 5.41) is 13.2. The number of benzene rings is 1. The SMILES string of the molecule is COc1ccc2nccc(OC[C@@H]3CC[C@@H](NC(=O)OC(C)(C)C)[C@@H](CCO)O3)c2c1. The molecule has 1 aliphatic rings. The predicted molar refractivity (Wildman–Crippen MR) is 117 cm³/mol. The van der Waals surface area contributed by atoms with Gasteiger partial charge in [0.15, 0.2) is 0 Å². The van der Waals surface area contributed by atoms with E-state index in [0.29, 0.717) is 31.6 Å². The van der Waals surface area contributed by atoms with Crippen molar-refractivity contribution >= 4 is 17.0 Å². The zero-order chi connectivity index (χ0) is 22.4. The number of hydrogen-bond acceptors (Lipinski definition) is 7. The number of nitrogens with one attached hydrogen (secondary N) is 1. The van der Waals surface area contributed by atoms with Gasteiger partial charge >= 0.3 is 6.09 Å². The van der Waals surface area contributed by atoms with Crippen molar-refractivity contribution in [3.63, 3.8) is 0 Å². The number of methoxy groups -OCH3 is 1. The topological polar surface area (TPSA) is 99.1 Å². The van der Waals surface area contributed by atoms with Crippen LogP contribution in [0, 0.1) is 0 Å². The Balaban J connectivity index is 1.61. The zero-order valence-corrected chi connectivity index (χ0v) is 18.6. The molecule has 2 heterocycles. The van der Waals surface area contributed by atoms with Gasteiger partial charge in [0.2, 0.25) is 0 Å². The van der Waals surface area contributed by atoms with Crippen LogP contribution in [0.25, 0.3) is 10.9 Å². The van der Waals surface area contributed by atoms with Crippen LogP contribution >= 0.6 is 0 Å². The molecule has 2 N–H and O–H groups in total. The summed E-state index contributed by atoms with van der Waals surface area (Å²) in [6, 6.07) is 7.25. The first-order valence-electron chi connectivity index (χ1n) is 10.6. The molecule has 1 saturated heterocycles. The van der Waals surface area contributed by atoms with E-state index < -0.39 is 11.7 Å². The number of carbonyl (C=O) groups excluding carboxylic acids is 1. The summed E-state index contributed by atoms with van der Waals surface area (Å²) in [5.74, 6) is 1.44. The second-order valence-electron chi connectivity index (χ2n) is 8.64. The first-order valence-corrected chi connectivity index (χ1v) is 10.6. The minimum atomic E-state index is -0.571. The van der Waals surface area contributed by atoms with E-state index in [-0.39, 0.29) is 24.9 Å². The summed E-state index contributed by atoms with van der Waals surface area (Å²) in [6.45, 7) is 5.79. The Morgan fingerprint density at radius 3 is 2.81 bits per heavy atom. The van der Waals surface area contributed by atoms with E-state index in [0.717, 1.165) is 16.7 Å². The molecular weight excluding hydrogens is 400 g/mol. The van der Waals surface area contributed by atoms with Crippen LogP contribution in [0.4, 0.5) is 4.79 Å². The lowest BCUT2D eigenvalue weighted by Gasteiger charge is -2.37. The summed E-state index contributed by atoms with van der Waals surface area (Å²) in [6.07, 6.45) is 2.62. The molecule has 2 aromatic rings. The minimum Gasteiger partial charge on any atom is -0.497 e. The number of aliphatic hydroxyl groups is 1. The van der Waals surface area contributed by atoms with Crippen molar-refractivity contribution in [2.24, 2.45) is 0 Å². The van der Waals surface area contributed by atoms with E-state index in [1.165, 1.54) is 0 Å². The fourth-order valence-electron chi connectivity index (χ4n) is 3.64. The van der Waals surface area contributed by atoms with Crippen molar-refractivity contribution in [2.75, 3.05) is 20.3 Å². The largest absolute Gasteiger partial charge is 0.497 e. The summed E-state index contributed by atoms with van der Waals surface area (Å²) in [4.78, 5) is 16.5. The number of fused-ring (bicyclic) bond motifs is 1. The molecule has 1 amide bonds.